The van der Waals surface area contributed by atoms with E-state index in [1.54, 1.807) is 18.2 Å². The molecule has 0 bridgehead atoms. The average molecular weight is 465 g/mol. The number of benzene rings is 3. The molecule has 3 N–H and O–H groups in total. The van der Waals surface area contributed by atoms with Gasteiger partial charge in [0.2, 0.25) is 0 Å². The lowest BCUT2D eigenvalue weighted by atomic mass is 10.0. The molecular weight excluding hydrogens is 424 g/mol. The van der Waals surface area contributed by atoms with Crippen LogP contribution in [0.3, 0.4) is 0 Å². The summed E-state index contributed by atoms with van der Waals surface area (Å²) in [6.45, 7) is 15.9. The van der Waals surface area contributed by atoms with Crippen LogP contribution in [-0.2, 0) is 6.42 Å². The van der Waals surface area contributed by atoms with Crippen LogP contribution in [0.5, 0.6) is 23.0 Å². The van der Waals surface area contributed by atoms with Gasteiger partial charge in [-0.05, 0) is 84.2 Å². The lowest BCUT2D eigenvalue weighted by molar-refractivity contribution is 0.373. The first-order valence-corrected chi connectivity index (χ1v) is 11.6. The van der Waals surface area contributed by atoms with Crippen molar-refractivity contribution in [2.24, 2.45) is 0 Å². The molecule has 0 aromatic heterocycles. The number of hydrogen-bond acceptors (Lipinski definition) is 4. The van der Waals surface area contributed by atoms with E-state index in [2.05, 4.69) is 40.3 Å². The largest absolute Gasteiger partial charge is 0.508 e. The van der Waals surface area contributed by atoms with Crippen molar-refractivity contribution in [1.82, 2.24) is 0 Å². The highest BCUT2D eigenvalue weighted by Crippen LogP contribution is 2.27. The SMILES string of the molecule is C=CCc1ccc(O)c(OC)c1.Cc1ccc(C(C)C)c(O)c1.Cc1ccc(C(C)C)cc1O. The Morgan fingerprint density at radius 3 is 1.97 bits per heavy atom. The van der Waals surface area contributed by atoms with Gasteiger partial charge in [0.15, 0.2) is 11.5 Å². The summed E-state index contributed by atoms with van der Waals surface area (Å²) in [6.07, 6.45) is 2.60. The molecule has 4 nitrogen and oxygen atoms in total. The van der Waals surface area contributed by atoms with Gasteiger partial charge in [-0.2, -0.15) is 0 Å². The Morgan fingerprint density at radius 2 is 1.47 bits per heavy atom. The Kier molecular flexibility index (Phi) is 11.8. The third kappa shape index (κ3) is 9.22. The first-order valence-electron chi connectivity index (χ1n) is 11.6. The van der Waals surface area contributed by atoms with Crippen LogP contribution in [-0.4, -0.2) is 22.4 Å². The fourth-order valence-corrected chi connectivity index (χ4v) is 3.14. The van der Waals surface area contributed by atoms with Crippen LogP contribution in [0.2, 0.25) is 0 Å². The fourth-order valence-electron chi connectivity index (χ4n) is 3.14. The molecule has 0 aliphatic rings. The number of aromatic hydroxyl groups is 3. The number of methoxy groups -OCH3 is 1. The molecule has 4 heteroatoms. The molecule has 0 aliphatic heterocycles. The zero-order chi connectivity index (χ0) is 25.8. The van der Waals surface area contributed by atoms with Gasteiger partial charge in [0.25, 0.3) is 0 Å². The van der Waals surface area contributed by atoms with Crippen molar-refractivity contribution >= 4 is 0 Å². The van der Waals surface area contributed by atoms with E-state index in [0.29, 0.717) is 29.1 Å². The predicted octanol–water partition coefficient (Wildman–Crippen LogP) is 7.78. The number of hydrogen-bond donors (Lipinski definition) is 3. The molecule has 0 aliphatic carbocycles. The van der Waals surface area contributed by atoms with Gasteiger partial charge < -0.3 is 20.1 Å². The maximum absolute atomic E-state index is 9.46. The summed E-state index contributed by atoms with van der Waals surface area (Å²) in [6, 6.07) is 16.9. The van der Waals surface area contributed by atoms with E-state index in [4.69, 9.17) is 4.74 Å². The zero-order valence-electron chi connectivity index (χ0n) is 21.6. The Hall–Kier alpha value is -3.40. The second-order valence-electron chi connectivity index (χ2n) is 8.92. The Morgan fingerprint density at radius 1 is 0.794 bits per heavy atom. The van der Waals surface area contributed by atoms with Crippen LogP contribution in [0.15, 0.2) is 67.3 Å². The lowest BCUT2D eigenvalue weighted by Gasteiger charge is -2.07. The van der Waals surface area contributed by atoms with E-state index in [1.807, 2.05) is 50.3 Å². The maximum Gasteiger partial charge on any atom is 0.160 e. The molecule has 0 saturated heterocycles. The molecule has 0 amide bonds. The number of phenols is 3. The van der Waals surface area contributed by atoms with E-state index in [9.17, 15) is 15.3 Å². The molecule has 0 atom stereocenters. The smallest absolute Gasteiger partial charge is 0.160 e. The first-order chi connectivity index (χ1) is 16.0. The van der Waals surface area contributed by atoms with E-state index >= 15 is 0 Å². The van der Waals surface area contributed by atoms with Crippen LogP contribution in [0, 0.1) is 13.8 Å². The van der Waals surface area contributed by atoms with Crippen LogP contribution in [0.1, 0.15) is 67.3 Å². The van der Waals surface area contributed by atoms with E-state index in [0.717, 1.165) is 28.7 Å². The summed E-state index contributed by atoms with van der Waals surface area (Å²) < 4.78 is 4.95. The highest BCUT2D eigenvalue weighted by Gasteiger charge is 2.04. The van der Waals surface area contributed by atoms with Gasteiger partial charge in [-0.1, -0.05) is 64.1 Å². The second-order valence-corrected chi connectivity index (χ2v) is 8.92. The van der Waals surface area contributed by atoms with Crippen molar-refractivity contribution in [3.8, 4) is 23.0 Å². The van der Waals surface area contributed by atoms with Crippen LogP contribution >= 0.6 is 0 Å². The number of ether oxygens (including phenoxy) is 1. The molecule has 3 aromatic carbocycles. The monoisotopic (exact) mass is 464 g/mol. The maximum atomic E-state index is 9.46. The average Bonchev–Trinajstić information content (AvgIpc) is 2.77. The van der Waals surface area contributed by atoms with Crippen molar-refractivity contribution in [3.05, 3.63) is 95.1 Å². The van der Waals surface area contributed by atoms with Crippen LogP contribution < -0.4 is 4.74 Å². The third-order valence-corrected chi connectivity index (χ3v) is 5.33. The van der Waals surface area contributed by atoms with Crippen molar-refractivity contribution in [2.45, 2.75) is 59.8 Å². The predicted molar refractivity (Wildman–Crippen MR) is 142 cm³/mol. The minimum absolute atomic E-state index is 0.172. The molecule has 0 spiro atoms. The number of rotatable bonds is 5. The van der Waals surface area contributed by atoms with Crippen molar-refractivity contribution in [1.29, 1.82) is 0 Å². The van der Waals surface area contributed by atoms with Crippen molar-refractivity contribution in [3.63, 3.8) is 0 Å². The van der Waals surface area contributed by atoms with Gasteiger partial charge in [-0.15, -0.1) is 6.58 Å². The van der Waals surface area contributed by atoms with Gasteiger partial charge in [-0.3, -0.25) is 0 Å². The Labute approximate surface area is 205 Å². The van der Waals surface area contributed by atoms with Crippen molar-refractivity contribution < 1.29 is 20.1 Å². The first kappa shape index (κ1) is 28.6. The molecule has 0 fully saturated rings. The fraction of sp³-hybridized carbons (Fsp3) is 0.333. The summed E-state index contributed by atoms with van der Waals surface area (Å²) in [5, 5.41) is 28.1. The van der Waals surface area contributed by atoms with E-state index < -0.39 is 0 Å². The molecule has 184 valence electrons. The normalized spacial score (nSPS) is 10.1. The lowest BCUT2D eigenvalue weighted by Crippen LogP contribution is -1.87. The van der Waals surface area contributed by atoms with Gasteiger partial charge in [0, 0.05) is 0 Å². The highest BCUT2D eigenvalue weighted by molar-refractivity contribution is 5.42. The molecule has 3 rings (SSSR count). The van der Waals surface area contributed by atoms with E-state index in [1.165, 1.54) is 12.7 Å². The molecule has 0 unspecified atom stereocenters. The molecule has 0 saturated carbocycles. The number of allylic oxidation sites excluding steroid dienone is 1. The highest BCUT2D eigenvalue weighted by atomic mass is 16.5. The van der Waals surface area contributed by atoms with Gasteiger partial charge >= 0.3 is 0 Å². The van der Waals surface area contributed by atoms with Gasteiger partial charge in [0.1, 0.15) is 11.5 Å². The summed E-state index contributed by atoms with van der Waals surface area (Å²) in [7, 11) is 1.53. The summed E-state index contributed by atoms with van der Waals surface area (Å²) >= 11 is 0. The third-order valence-electron chi connectivity index (χ3n) is 5.33. The number of aryl methyl sites for hydroxylation is 2. The zero-order valence-corrected chi connectivity index (χ0v) is 21.6. The summed E-state index contributed by atoms with van der Waals surface area (Å²) in [4.78, 5) is 0. The topological polar surface area (TPSA) is 69.9 Å². The van der Waals surface area contributed by atoms with Gasteiger partial charge in [0.05, 0.1) is 7.11 Å². The molecule has 34 heavy (non-hydrogen) atoms. The van der Waals surface area contributed by atoms with Gasteiger partial charge in [-0.25, -0.2) is 0 Å². The molecule has 3 aromatic rings. The second kappa shape index (κ2) is 14.0. The standard InChI is InChI=1S/C10H12O2.2C10H14O/c1-3-4-8-5-6-9(11)10(7-8)12-2;1-7(2)9-5-4-8(3)10(11)6-9;1-7(2)9-5-4-8(3)6-10(9)11/h3,5-7,11H,1,4H2,2H3;2*4-7,11H,1-3H3. The minimum atomic E-state index is 0.172. The molecular formula is C30H40O4. The summed E-state index contributed by atoms with van der Waals surface area (Å²) in [5.41, 5.74) is 5.34. The van der Waals surface area contributed by atoms with E-state index in [-0.39, 0.29) is 5.75 Å². The summed E-state index contributed by atoms with van der Waals surface area (Å²) in [5.74, 6) is 2.38. The minimum Gasteiger partial charge on any atom is -0.508 e. The Bertz CT molecular complexity index is 1050. The van der Waals surface area contributed by atoms with Crippen LogP contribution in [0.25, 0.3) is 0 Å². The van der Waals surface area contributed by atoms with Crippen LogP contribution in [0.4, 0.5) is 0 Å². The van der Waals surface area contributed by atoms with Crippen molar-refractivity contribution in [2.75, 3.05) is 7.11 Å². The molecule has 0 radical (unpaired) electrons. The molecule has 0 heterocycles. The Balaban J connectivity index is 0.000000255. The number of phenolic OH excluding ortho intramolecular Hbond substituents is 3. The quantitative estimate of drug-likeness (QED) is 0.337.